The van der Waals surface area contributed by atoms with Gasteiger partial charge in [-0.3, -0.25) is 5.32 Å². The molecule has 0 spiro atoms. The summed E-state index contributed by atoms with van der Waals surface area (Å²) in [6, 6.07) is 10.6. The van der Waals surface area contributed by atoms with Gasteiger partial charge in [0.1, 0.15) is 8.07 Å². The van der Waals surface area contributed by atoms with E-state index < -0.39 is 8.07 Å². The summed E-state index contributed by atoms with van der Waals surface area (Å²) in [5.41, 5.74) is 4.44. The summed E-state index contributed by atoms with van der Waals surface area (Å²) in [6.45, 7) is 6.77. The molecule has 2 rings (SSSR count). The zero-order valence-corrected chi connectivity index (χ0v) is 11.5. The molecule has 0 amide bonds. The summed E-state index contributed by atoms with van der Waals surface area (Å²) in [6.07, 6.45) is 0. The molecule has 0 unspecified atom stereocenters. The Bertz CT molecular complexity index is 505. The highest BCUT2D eigenvalue weighted by Gasteiger charge is 2.32. The van der Waals surface area contributed by atoms with Crippen LogP contribution >= 0.6 is 0 Å². The van der Waals surface area contributed by atoms with E-state index in [1.807, 2.05) is 30.3 Å². The van der Waals surface area contributed by atoms with Crippen LogP contribution in [0.25, 0.3) is 0 Å². The summed E-state index contributed by atoms with van der Waals surface area (Å²) >= 11 is 0. The quantitative estimate of drug-likeness (QED) is 0.419. The lowest BCUT2D eigenvalue weighted by atomic mass is 10.2. The van der Waals surface area contributed by atoms with E-state index in [0.29, 0.717) is 0 Å². The third-order valence-electron chi connectivity index (χ3n) is 2.33. The van der Waals surface area contributed by atoms with Crippen LogP contribution in [0.1, 0.15) is 5.56 Å². The van der Waals surface area contributed by atoms with E-state index in [4.69, 9.17) is 0 Å². The number of hydrogen-bond donors (Lipinski definition) is 1. The molecule has 1 aromatic rings. The van der Waals surface area contributed by atoms with Crippen LogP contribution in [0.2, 0.25) is 19.6 Å². The van der Waals surface area contributed by atoms with Crippen molar-refractivity contribution in [3.8, 4) is 23.3 Å². The molecule has 86 valence electrons. The van der Waals surface area contributed by atoms with E-state index in [0.717, 1.165) is 5.56 Å². The molecule has 0 aromatic heterocycles. The molecule has 2 heteroatoms. The molecule has 2 atom stereocenters. The van der Waals surface area contributed by atoms with Crippen LogP contribution in [0, 0.1) is 23.3 Å². The Hall–Kier alpha value is -1.48. The lowest BCUT2D eigenvalue weighted by molar-refractivity contribution is 1.22. The van der Waals surface area contributed by atoms with E-state index in [2.05, 4.69) is 48.3 Å². The van der Waals surface area contributed by atoms with Crippen molar-refractivity contribution in [1.29, 1.82) is 0 Å². The number of hydrogen-bond acceptors (Lipinski definition) is 1. The molecule has 17 heavy (non-hydrogen) atoms. The van der Waals surface area contributed by atoms with Crippen LogP contribution in [0.5, 0.6) is 0 Å². The minimum Gasteiger partial charge on any atom is -0.286 e. The maximum absolute atomic E-state index is 3.37. The topological polar surface area (TPSA) is 21.9 Å². The maximum atomic E-state index is 3.37. The van der Waals surface area contributed by atoms with E-state index in [1.54, 1.807) is 0 Å². The summed E-state index contributed by atoms with van der Waals surface area (Å²) in [7, 11) is -1.25. The zero-order valence-electron chi connectivity index (χ0n) is 10.5. The molecule has 0 radical (unpaired) electrons. The van der Waals surface area contributed by atoms with E-state index in [1.165, 1.54) is 0 Å². The maximum Gasteiger partial charge on any atom is 0.129 e. The molecule has 1 aliphatic heterocycles. The molecule has 1 heterocycles. The van der Waals surface area contributed by atoms with Crippen molar-refractivity contribution in [2.45, 2.75) is 31.7 Å². The van der Waals surface area contributed by atoms with Gasteiger partial charge in [-0.15, -0.1) is 5.54 Å². The highest BCUT2D eigenvalue weighted by Crippen LogP contribution is 2.09. The van der Waals surface area contributed by atoms with Gasteiger partial charge in [0.2, 0.25) is 0 Å². The average molecular weight is 239 g/mol. The Labute approximate surface area is 105 Å². The highest BCUT2D eigenvalue weighted by atomic mass is 28.3. The predicted molar refractivity (Wildman–Crippen MR) is 75.2 cm³/mol. The molecular weight excluding hydrogens is 222 g/mol. The molecular formula is C15H17NSi. The summed E-state index contributed by atoms with van der Waals surface area (Å²) in [5, 5.41) is 3.29. The molecule has 0 saturated carbocycles. The molecule has 1 N–H and O–H groups in total. The molecule has 0 aliphatic carbocycles. The van der Waals surface area contributed by atoms with Gasteiger partial charge >= 0.3 is 0 Å². The van der Waals surface area contributed by atoms with Gasteiger partial charge in [-0.2, -0.15) is 0 Å². The Morgan fingerprint density at radius 1 is 1.00 bits per heavy atom. The van der Waals surface area contributed by atoms with E-state index in [-0.39, 0.29) is 12.1 Å². The molecule has 1 nitrogen and oxygen atoms in total. The van der Waals surface area contributed by atoms with Crippen molar-refractivity contribution >= 4 is 8.07 Å². The SMILES string of the molecule is C[Si](C)(C)C#C[C@@H]1N[C@H]1C#Cc1ccccc1. The molecule has 1 aliphatic rings. The third-order valence-corrected chi connectivity index (χ3v) is 3.23. The number of rotatable bonds is 0. The van der Waals surface area contributed by atoms with Crippen molar-refractivity contribution in [3.05, 3.63) is 35.9 Å². The first-order valence-corrected chi connectivity index (χ1v) is 9.40. The average Bonchev–Trinajstić information content (AvgIpc) is 3.03. The van der Waals surface area contributed by atoms with Gasteiger partial charge < -0.3 is 0 Å². The lowest BCUT2D eigenvalue weighted by Crippen LogP contribution is -2.16. The predicted octanol–water partition coefficient (Wildman–Crippen LogP) is 2.26. The molecule has 1 aromatic carbocycles. The van der Waals surface area contributed by atoms with Crippen LogP contribution in [0.3, 0.4) is 0 Å². The van der Waals surface area contributed by atoms with Gasteiger partial charge in [-0.05, 0) is 12.1 Å². The van der Waals surface area contributed by atoms with Crippen LogP contribution in [-0.4, -0.2) is 20.2 Å². The summed E-state index contributed by atoms with van der Waals surface area (Å²) in [4.78, 5) is 0. The van der Waals surface area contributed by atoms with Crippen LogP contribution in [-0.2, 0) is 0 Å². The van der Waals surface area contributed by atoms with Gasteiger partial charge in [-0.1, -0.05) is 55.6 Å². The zero-order chi connectivity index (χ0) is 12.3. The van der Waals surface area contributed by atoms with Crippen LogP contribution in [0.4, 0.5) is 0 Å². The number of benzene rings is 1. The molecule has 0 bridgehead atoms. The number of nitrogens with one attached hydrogen (secondary N) is 1. The minimum atomic E-state index is -1.25. The third kappa shape index (κ3) is 4.11. The van der Waals surface area contributed by atoms with Crippen molar-refractivity contribution in [1.82, 2.24) is 5.32 Å². The monoisotopic (exact) mass is 239 g/mol. The normalized spacial score (nSPS) is 21.8. The molecule has 1 saturated heterocycles. The second-order valence-electron chi connectivity index (χ2n) is 5.28. The van der Waals surface area contributed by atoms with Crippen molar-refractivity contribution < 1.29 is 0 Å². The fourth-order valence-electron chi connectivity index (χ4n) is 1.36. The first kappa shape index (κ1) is 12.0. The first-order chi connectivity index (χ1) is 8.04. The minimum absolute atomic E-state index is 0.263. The van der Waals surface area contributed by atoms with E-state index in [9.17, 15) is 0 Å². The Kier molecular flexibility index (Phi) is 3.38. The smallest absolute Gasteiger partial charge is 0.129 e. The fourth-order valence-corrected chi connectivity index (χ4v) is 1.95. The Morgan fingerprint density at radius 2 is 1.65 bits per heavy atom. The standard InChI is InChI=1S/C15H17NSi/c1-17(2,3)12-11-15-14(16-15)10-9-13-7-5-4-6-8-13/h4-8,14-16H,1-3H3/t14-,15-/m0/s1. The second-order valence-corrected chi connectivity index (χ2v) is 10.0. The van der Waals surface area contributed by atoms with Gasteiger partial charge in [-0.25, -0.2) is 0 Å². The van der Waals surface area contributed by atoms with Gasteiger partial charge in [0.05, 0.1) is 12.1 Å². The van der Waals surface area contributed by atoms with Crippen LogP contribution in [0.15, 0.2) is 30.3 Å². The van der Waals surface area contributed by atoms with Gasteiger partial charge in [0.25, 0.3) is 0 Å². The van der Waals surface area contributed by atoms with Crippen LogP contribution < -0.4 is 5.32 Å². The summed E-state index contributed by atoms with van der Waals surface area (Å²) < 4.78 is 0. The highest BCUT2D eigenvalue weighted by molar-refractivity contribution is 6.83. The van der Waals surface area contributed by atoms with Gasteiger partial charge in [0.15, 0.2) is 0 Å². The summed E-state index contributed by atoms with van der Waals surface area (Å²) in [5.74, 6) is 9.66. The van der Waals surface area contributed by atoms with Crippen molar-refractivity contribution in [3.63, 3.8) is 0 Å². The first-order valence-electron chi connectivity index (χ1n) is 5.90. The second kappa shape index (κ2) is 4.80. The van der Waals surface area contributed by atoms with E-state index >= 15 is 0 Å². The molecule has 1 fully saturated rings. The van der Waals surface area contributed by atoms with Crippen molar-refractivity contribution in [2.24, 2.45) is 0 Å². The van der Waals surface area contributed by atoms with Crippen molar-refractivity contribution in [2.75, 3.05) is 0 Å². The van der Waals surface area contributed by atoms with Gasteiger partial charge in [0, 0.05) is 5.56 Å². The largest absolute Gasteiger partial charge is 0.286 e. The Morgan fingerprint density at radius 3 is 2.29 bits per heavy atom. The fraction of sp³-hybridized carbons (Fsp3) is 0.333. The Balaban J connectivity index is 1.93. The lowest BCUT2D eigenvalue weighted by Gasteiger charge is -2.02.